The standard InChI is InChI=1S/C23H27N5O3S2/c1-14(2)6-12-28-22(31)17(33-23(28)32)13-16-20(26-10-7-15(8-11-26)19(24)29)25-18-5-3-4-9-27(18)21(16)30/h3-5,9,13-15H,6-8,10-12H2,1-2H3,(H2,24,29). The van der Waals surface area contributed by atoms with Crippen LogP contribution in [-0.4, -0.2) is 50.1 Å². The van der Waals surface area contributed by atoms with Crippen LogP contribution in [0.2, 0.25) is 0 Å². The van der Waals surface area contributed by atoms with E-state index in [2.05, 4.69) is 13.8 Å². The first-order valence-corrected chi connectivity index (χ1v) is 12.3. The first-order chi connectivity index (χ1) is 15.8. The minimum absolute atomic E-state index is 0.177. The number of hydrogen-bond acceptors (Lipinski definition) is 7. The summed E-state index contributed by atoms with van der Waals surface area (Å²) in [5.41, 5.74) is 6.10. The van der Waals surface area contributed by atoms with E-state index in [-0.39, 0.29) is 23.3 Å². The Balaban J connectivity index is 1.74. The fourth-order valence-electron chi connectivity index (χ4n) is 4.05. The maximum absolute atomic E-state index is 13.4. The van der Waals surface area contributed by atoms with Crippen LogP contribution < -0.4 is 16.2 Å². The summed E-state index contributed by atoms with van der Waals surface area (Å²) < 4.78 is 1.98. The number of nitrogens with two attached hydrogens (primary N) is 1. The van der Waals surface area contributed by atoms with Crippen LogP contribution in [0.1, 0.15) is 38.7 Å². The van der Waals surface area contributed by atoms with Crippen LogP contribution in [0.25, 0.3) is 11.7 Å². The third-order valence-corrected chi connectivity index (χ3v) is 7.40. The molecule has 2 amide bonds. The topological polar surface area (TPSA) is 101 Å². The molecule has 0 unspecified atom stereocenters. The molecule has 0 spiro atoms. The molecule has 174 valence electrons. The molecule has 33 heavy (non-hydrogen) atoms. The normalized spacial score (nSPS) is 18.8. The molecule has 0 radical (unpaired) electrons. The number of aromatic nitrogens is 2. The molecule has 0 atom stereocenters. The van der Waals surface area contributed by atoms with Gasteiger partial charge in [-0.25, -0.2) is 4.98 Å². The number of amides is 2. The lowest BCUT2D eigenvalue weighted by atomic mass is 9.96. The van der Waals surface area contributed by atoms with Gasteiger partial charge in [0.2, 0.25) is 5.91 Å². The molecule has 2 aliphatic heterocycles. The second-order valence-electron chi connectivity index (χ2n) is 8.76. The van der Waals surface area contributed by atoms with E-state index in [1.54, 1.807) is 29.3 Å². The van der Waals surface area contributed by atoms with Crippen molar-refractivity contribution in [2.45, 2.75) is 33.1 Å². The lowest BCUT2D eigenvalue weighted by molar-refractivity contribution is -0.123. The Hall–Kier alpha value is -2.72. The van der Waals surface area contributed by atoms with Crippen molar-refractivity contribution in [2.75, 3.05) is 24.5 Å². The first kappa shape index (κ1) is 23.4. The molecule has 4 rings (SSSR count). The molecule has 0 saturated carbocycles. The van der Waals surface area contributed by atoms with Gasteiger partial charge in [-0.15, -0.1) is 0 Å². The van der Waals surface area contributed by atoms with Gasteiger partial charge < -0.3 is 10.6 Å². The number of rotatable bonds is 6. The maximum atomic E-state index is 13.4. The molecular weight excluding hydrogens is 458 g/mol. The number of primary amides is 1. The number of fused-ring (bicyclic) bond motifs is 1. The van der Waals surface area contributed by atoms with Crippen LogP contribution in [0.15, 0.2) is 34.1 Å². The van der Waals surface area contributed by atoms with Crippen molar-refractivity contribution in [3.05, 3.63) is 45.2 Å². The molecule has 2 N–H and O–H groups in total. The molecule has 2 fully saturated rings. The van der Waals surface area contributed by atoms with Gasteiger partial charge in [0.15, 0.2) is 0 Å². The fourth-order valence-corrected chi connectivity index (χ4v) is 5.34. The zero-order valence-electron chi connectivity index (χ0n) is 18.7. The van der Waals surface area contributed by atoms with Gasteiger partial charge >= 0.3 is 0 Å². The monoisotopic (exact) mass is 485 g/mol. The fraction of sp³-hybridized carbons (Fsp3) is 0.435. The van der Waals surface area contributed by atoms with E-state index in [4.69, 9.17) is 22.9 Å². The zero-order valence-corrected chi connectivity index (χ0v) is 20.3. The van der Waals surface area contributed by atoms with E-state index >= 15 is 0 Å². The molecule has 10 heteroatoms. The highest BCUT2D eigenvalue weighted by atomic mass is 32.2. The van der Waals surface area contributed by atoms with Crippen molar-refractivity contribution in [1.82, 2.24) is 14.3 Å². The quantitative estimate of drug-likeness (QED) is 0.496. The number of carbonyl (C=O) groups excluding carboxylic acids is 2. The number of piperidine rings is 1. The van der Waals surface area contributed by atoms with Crippen molar-refractivity contribution < 1.29 is 9.59 Å². The maximum Gasteiger partial charge on any atom is 0.267 e. The highest BCUT2D eigenvalue weighted by Gasteiger charge is 2.33. The lowest BCUT2D eigenvalue weighted by Crippen LogP contribution is -2.40. The second-order valence-corrected chi connectivity index (χ2v) is 10.4. The van der Waals surface area contributed by atoms with Crippen LogP contribution in [-0.2, 0) is 9.59 Å². The Kier molecular flexibility index (Phi) is 6.85. The van der Waals surface area contributed by atoms with Crippen LogP contribution in [0.5, 0.6) is 0 Å². The first-order valence-electron chi connectivity index (χ1n) is 11.1. The minimum atomic E-state index is -0.300. The number of anilines is 1. The van der Waals surface area contributed by atoms with Crippen molar-refractivity contribution >= 4 is 57.7 Å². The summed E-state index contributed by atoms with van der Waals surface area (Å²) in [7, 11) is 0. The Morgan fingerprint density at radius 1 is 1.30 bits per heavy atom. The van der Waals surface area contributed by atoms with Crippen molar-refractivity contribution in [3.63, 3.8) is 0 Å². The van der Waals surface area contributed by atoms with E-state index in [1.165, 1.54) is 16.2 Å². The molecule has 2 aromatic rings. The van der Waals surface area contributed by atoms with Crippen molar-refractivity contribution in [3.8, 4) is 0 Å². The average Bonchev–Trinajstić information content (AvgIpc) is 3.06. The van der Waals surface area contributed by atoms with E-state index in [0.717, 1.165) is 6.42 Å². The summed E-state index contributed by atoms with van der Waals surface area (Å²) in [5, 5.41) is 0. The van der Waals surface area contributed by atoms with Gasteiger partial charge in [0, 0.05) is 31.7 Å². The van der Waals surface area contributed by atoms with Crippen molar-refractivity contribution in [1.29, 1.82) is 0 Å². The van der Waals surface area contributed by atoms with Crippen LogP contribution in [0, 0.1) is 11.8 Å². The summed E-state index contributed by atoms with van der Waals surface area (Å²) >= 11 is 6.66. The predicted octanol–water partition coefficient (Wildman–Crippen LogP) is 2.64. The molecule has 2 saturated heterocycles. The largest absolute Gasteiger partial charge is 0.369 e. The van der Waals surface area contributed by atoms with Gasteiger partial charge in [-0.3, -0.25) is 23.7 Å². The van der Waals surface area contributed by atoms with Crippen LogP contribution >= 0.6 is 24.0 Å². The summed E-state index contributed by atoms with van der Waals surface area (Å²) in [6.07, 6.45) is 5.34. The average molecular weight is 486 g/mol. The molecule has 2 aromatic heterocycles. The summed E-state index contributed by atoms with van der Waals surface area (Å²) in [4.78, 5) is 46.9. The van der Waals surface area contributed by atoms with Crippen LogP contribution in [0.4, 0.5) is 5.82 Å². The van der Waals surface area contributed by atoms with Crippen molar-refractivity contribution in [2.24, 2.45) is 17.6 Å². The smallest absolute Gasteiger partial charge is 0.267 e. The molecule has 2 aliphatic rings. The zero-order chi connectivity index (χ0) is 23.7. The van der Waals surface area contributed by atoms with E-state index in [1.807, 2.05) is 11.0 Å². The van der Waals surface area contributed by atoms with Gasteiger partial charge in [-0.05, 0) is 43.4 Å². The third kappa shape index (κ3) is 4.81. The molecule has 8 nitrogen and oxygen atoms in total. The highest BCUT2D eigenvalue weighted by Crippen LogP contribution is 2.34. The SMILES string of the molecule is CC(C)CCN1C(=O)C(=Cc2c(N3CCC(C(N)=O)CC3)nc3ccccn3c2=O)SC1=S. The Bertz CT molecular complexity index is 1200. The van der Waals surface area contributed by atoms with Gasteiger partial charge in [-0.2, -0.15) is 0 Å². The van der Waals surface area contributed by atoms with Gasteiger partial charge in [0.05, 0.1) is 10.5 Å². The summed E-state index contributed by atoms with van der Waals surface area (Å²) in [5.74, 6) is 0.306. The summed E-state index contributed by atoms with van der Waals surface area (Å²) in [6.45, 7) is 5.87. The van der Waals surface area contributed by atoms with Gasteiger partial charge in [0.1, 0.15) is 15.8 Å². The molecule has 0 aromatic carbocycles. The number of carbonyl (C=O) groups is 2. The third-order valence-electron chi connectivity index (χ3n) is 6.02. The van der Waals surface area contributed by atoms with Gasteiger partial charge in [-0.1, -0.05) is 43.9 Å². The number of thiocarbonyl (C=S) groups is 1. The van der Waals surface area contributed by atoms with Crippen LogP contribution in [0.3, 0.4) is 0 Å². The minimum Gasteiger partial charge on any atom is -0.369 e. The van der Waals surface area contributed by atoms with E-state index < -0.39 is 0 Å². The van der Waals surface area contributed by atoms with E-state index in [9.17, 15) is 14.4 Å². The molecule has 0 aliphatic carbocycles. The summed E-state index contributed by atoms with van der Waals surface area (Å²) in [6, 6.07) is 5.36. The molecule has 4 heterocycles. The number of nitrogens with zero attached hydrogens (tertiary/aromatic N) is 4. The lowest BCUT2D eigenvalue weighted by Gasteiger charge is -2.32. The molecular formula is C23H27N5O3S2. The van der Waals surface area contributed by atoms with E-state index in [0.29, 0.717) is 64.6 Å². The predicted molar refractivity (Wildman–Crippen MR) is 135 cm³/mol. The Morgan fingerprint density at radius 2 is 2.03 bits per heavy atom. The number of pyridine rings is 1. The second kappa shape index (κ2) is 9.64. The molecule has 0 bridgehead atoms. The number of thioether (sulfide) groups is 1. The Labute approximate surface area is 201 Å². The Morgan fingerprint density at radius 3 is 2.70 bits per heavy atom. The highest BCUT2D eigenvalue weighted by molar-refractivity contribution is 8.26. The van der Waals surface area contributed by atoms with Gasteiger partial charge in [0.25, 0.3) is 11.5 Å². The number of hydrogen-bond donors (Lipinski definition) is 1.